The third-order valence-electron chi connectivity index (χ3n) is 5.23. The van der Waals surface area contributed by atoms with Gasteiger partial charge in [0.2, 0.25) is 0 Å². The zero-order valence-electron chi connectivity index (χ0n) is 17.2. The normalized spacial score (nSPS) is 11.1. The Hall–Kier alpha value is -2.60. The van der Waals surface area contributed by atoms with E-state index in [-0.39, 0.29) is 5.91 Å². The fourth-order valence-corrected chi connectivity index (χ4v) is 5.23. The van der Waals surface area contributed by atoms with Crippen molar-refractivity contribution in [2.75, 3.05) is 10.6 Å². The van der Waals surface area contributed by atoms with E-state index < -0.39 is 0 Å². The summed E-state index contributed by atoms with van der Waals surface area (Å²) in [4.78, 5) is 20.3. The van der Waals surface area contributed by atoms with Gasteiger partial charge in [-0.3, -0.25) is 9.69 Å². The van der Waals surface area contributed by atoms with E-state index in [1.54, 1.807) is 23.1 Å². The number of thiazole rings is 1. The van der Waals surface area contributed by atoms with E-state index in [1.165, 1.54) is 11.3 Å². The highest BCUT2D eigenvalue weighted by Gasteiger charge is 2.28. The van der Waals surface area contributed by atoms with Gasteiger partial charge in [0, 0.05) is 10.7 Å². The van der Waals surface area contributed by atoms with Crippen LogP contribution in [0.25, 0.3) is 10.2 Å². The van der Waals surface area contributed by atoms with Crippen LogP contribution in [0.15, 0.2) is 54.6 Å². The summed E-state index contributed by atoms with van der Waals surface area (Å²) in [7, 11) is 0. The fraction of sp³-hybridized carbons (Fsp3) is 0.167. The molecule has 31 heavy (non-hydrogen) atoms. The monoisotopic (exact) mass is 469 g/mol. The molecule has 2 N–H and O–H groups in total. The van der Waals surface area contributed by atoms with Crippen molar-refractivity contribution in [3.05, 3.63) is 81.3 Å². The van der Waals surface area contributed by atoms with Crippen molar-refractivity contribution < 1.29 is 4.79 Å². The van der Waals surface area contributed by atoms with Crippen LogP contribution in [0, 0.1) is 0 Å². The van der Waals surface area contributed by atoms with Crippen LogP contribution in [0.2, 0.25) is 10.0 Å². The number of anilines is 3. The lowest BCUT2D eigenvalue weighted by atomic mass is 9.98. The van der Waals surface area contributed by atoms with Crippen LogP contribution in [0.5, 0.6) is 0 Å². The summed E-state index contributed by atoms with van der Waals surface area (Å²) in [6, 6.07) is 16.5. The zero-order valence-corrected chi connectivity index (χ0v) is 19.5. The standard InChI is InChI=1S/C24H21Cl2N3OS/c1-3-15-16(4-2)21(12-11-19(15)27)29(23(30)17-10-9-14(25)13-18(17)26)24-28-20-7-5-6-8-22(20)31-24/h5-13H,3-4,27H2,1-2H3. The Labute approximate surface area is 195 Å². The summed E-state index contributed by atoms with van der Waals surface area (Å²) in [5.74, 6) is -0.262. The van der Waals surface area contributed by atoms with E-state index in [2.05, 4.69) is 13.8 Å². The second-order valence-electron chi connectivity index (χ2n) is 7.07. The summed E-state index contributed by atoms with van der Waals surface area (Å²) in [6.45, 7) is 4.13. The third kappa shape index (κ3) is 4.01. The molecular weight excluding hydrogens is 449 g/mol. The number of halogens is 2. The average Bonchev–Trinajstić information content (AvgIpc) is 3.18. The number of nitrogens with two attached hydrogens (primary N) is 1. The summed E-state index contributed by atoms with van der Waals surface area (Å²) in [5, 5.41) is 1.36. The van der Waals surface area contributed by atoms with Crippen LogP contribution in [0.1, 0.15) is 35.3 Å². The van der Waals surface area contributed by atoms with E-state index in [0.29, 0.717) is 20.7 Å². The van der Waals surface area contributed by atoms with Crippen LogP contribution in [-0.4, -0.2) is 10.9 Å². The molecule has 4 rings (SSSR count). The molecule has 4 aromatic rings. The van der Waals surface area contributed by atoms with Gasteiger partial charge in [0.1, 0.15) is 0 Å². The summed E-state index contributed by atoms with van der Waals surface area (Å²) < 4.78 is 1.00. The smallest absolute Gasteiger partial charge is 0.266 e. The first-order valence-electron chi connectivity index (χ1n) is 9.99. The van der Waals surface area contributed by atoms with Gasteiger partial charge in [0.25, 0.3) is 5.91 Å². The molecule has 0 atom stereocenters. The van der Waals surface area contributed by atoms with Gasteiger partial charge in [-0.2, -0.15) is 0 Å². The van der Waals surface area contributed by atoms with Crippen molar-refractivity contribution in [2.45, 2.75) is 26.7 Å². The van der Waals surface area contributed by atoms with Gasteiger partial charge < -0.3 is 5.73 Å². The molecule has 0 saturated carbocycles. The lowest BCUT2D eigenvalue weighted by Crippen LogP contribution is -2.27. The van der Waals surface area contributed by atoms with Crippen molar-refractivity contribution in [3.8, 4) is 0 Å². The Balaban J connectivity index is 1.97. The Morgan fingerprint density at radius 3 is 2.45 bits per heavy atom. The maximum atomic E-state index is 13.8. The highest BCUT2D eigenvalue weighted by Crippen LogP contribution is 2.39. The number of rotatable bonds is 5. The molecular formula is C24H21Cl2N3OS. The highest BCUT2D eigenvalue weighted by molar-refractivity contribution is 7.22. The van der Waals surface area contributed by atoms with Crippen LogP contribution >= 0.6 is 34.5 Å². The van der Waals surface area contributed by atoms with E-state index >= 15 is 0 Å². The SMILES string of the molecule is CCc1c(N)ccc(N(C(=O)c2ccc(Cl)cc2Cl)c2nc3ccccc3s2)c1CC. The predicted octanol–water partition coefficient (Wildman–Crippen LogP) is 7.29. The summed E-state index contributed by atoms with van der Waals surface area (Å²) >= 11 is 13.9. The lowest BCUT2D eigenvalue weighted by molar-refractivity contribution is 0.0999. The Morgan fingerprint density at radius 1 is 1.03 bits per heavy atom. The molecule has 0 aliphatic carbocycles. The van der Waals surface area contributed by atoms with Gasteiger partial charge in [0.15, 0.2) is 5.13 Å². The number of carbonyl (C=O) groups excluding carboxylic acids is 1. The number of hydrogen-bond acceptors (Lipinski definition) is 4. The number of aromatic nitrogens is 1. The molecule has 158 valence electrons. The molecule has 0 fully saturated rings. The van der Waals surface area contributed by atoms with Gasteiger partial charge in [-0.25, -0.2) is 4.98 Å². The van der Waals surface area contributed by atoms with Gasteiger partial charge in [-0.15, -0.1) is 0 Å². The van der Waals surface area contributed by atoms with Crippen molar-refractivity contribution in [3.63, 3.8) is 0 Å². The second-order valence-corrected chi connectivity index (χ2v) is 8.92. The number of nitrogen functional groups attached to an aromatic ring is 1. The molecule has 1 aromatic heterocycles. The molecule has 0 spiro atoms. The van der Waals surface area contributed by atoms with E-state index in [4.69, 9.17) is 33.9 Å². The number of hydrogen-bond donors (Lipinski definition) is 1. The largest absolute Gasteiger partial charge is 0.398 e. The molecule has 0 saturated heterocycles. The molecule has 1 heterocycles. The van der Waals surface area contributed by atoms with Gasteiger partial charge in [-0.1, -0.05) is 60.5 Å². The van der Waals surface area contributed by atoms with Crippen LogP contribution in [-0.2, 0) is 12.8 Å². The second kappa shape index (κ2) is 8.87. The minimum absolute atomic E-state index is 0.262. The molecule has 1 amide bonds. The maximum absolute atomic E-state index is 13.8. The van der Waals surface area contributed by atoms with Gasteiger partial charge in [-0.05, 0) is 66.4 Å². The van der Waals surface area contributed by atoms with Crippen LogP contribution in [0.3, 0.4) is 0 Å². The molecule has 0 unspecified atom stereocenters. The zero-order chi connectivity index (χ0) is 22.1. The first kappa shape index (κ1) is 21.6. The molecule has 7 heteroatoms. The highest BCUT2D eigenvalue weighted by atomic mass is 35.5. The van der Waals surface area contributed by atoms with E-state index in [9.17, 15) is 4.79 Å². The first-order valence-corrected chi connectivity index (χ1v) is 11.6. The van der Waals surface area contributed by atoms with Gasteiger partial charge >= 0.3 is 0 Å². The molecule has 4 nitrogen and oxygen atoms in total. The quantitative estimate of drug-likeness (QED) is 0.312. The van der Waals surface area contributed by atoms with Crippen molar-refractivity contribution in [2.24, 2.45) is 0 Å². The first-order chi connectivity index (χ1) is 14.9. The summed E-state index contributed by atoms with van der Waals surface area (Å²) in [5.41, 5.74) is 11.0. The third-order valence-corrected chi connectivity index (χ3v) is 6.80. The van der Waals surface area contributed by atoms with E-state index in [0.717, 1.165) is 45.6 Å². The number of para-hydroxylation sites is 1. The lowest BCUT2D eigenvalue weighted by Gasteiger charge is -2.25. The number of carbonyl (C=O) groups is 1. The number of fused-ring (bicyclic) bond motifs is 1. The number of amides is 1. The minimum atomic E-state index is -0.262. The topological polar surface area (TPSA) is 59.2 Å². The Bertz CT molecular complexity index is 1250. The molecule has 0 radical (unpaired) electrons. The molecule has 3 aromatic carbocycles. The Kier molecular flexibility index (Phi) is 6.19. The van der Waals surface area contributed by atoms with Crippen molar-refractivity contribution in [1.29, 1.82) is 0 Å². The van der Waals surface area contributed by atoms with Crippen molar-refractivity contribution >= 4 is 67.2 Å². The molecule has 0 bridgehead atoms. The number of benzene rings is 3. The van der Waals surface area contributed by atoms with Crippen LogP contribution in [0.4, 0.5) is 16.5 Å². The maximum Gasteiger partial charge on any atom is 0.266 e. The minimum Gasteiger partial charge on any atom is -0.398 e. The van der Waals surface area contributed by atoms with Crippen LogP contribution < -0.4 is 10.6 Å². The average molecular weight is 470 g/mol. The Morgan fingerprint density at radius 2 is 1.77 bits per heavy atom. The molecule has 0 aliphatic rings. The summed E-state index contributed by atoms with van der Waals surface area (Å²) in [6.07, 6.45) is 1.50. The fourth-order valence-electron chi connectivity index (χ4n) is 3.76. The van der Waals surface area contributed by atoms with E-state index in [1.807, 2.05) is 36.4 Å². The molecule has 0 aliphatic heterocycles. The van der Waals surface area contributed by atoms with Gasteiger partial charge in [0.05, 0.1) is 26.5 Å². The van der Waals surface area contributed by atoms with Crippen molar-refractivity contribution in [1.82, 2.24) is 4.98 Å². The predicted molar refractivity (Wildman–Crippen MR) is 132 cm³/mol. The number of nitrogens with zero attached hydrogens (tertiary/aromatic N) is 2.